The molecule has 0 saturated heterocycles. The molecular formula is C17H28N2O3. The second kappa shape index (κ2) is 7.01. The molecule has 1 amide bonds. The van der Waals surface area contributed by atoms with Gasteiger partial charge in [-0.3, -0.25) is 5.32 Å². The predicted octanol–water partition coefficient (Wildman–Crippen LogP) is 3.57. The van der Waals surface area contributed by atoms with Crippen LogP contribution < -0.4 is 15.8 Å². The number of nitrogens with two attached hydrogens (primary N) is 1. The minimum atomic E-state index is -0.529. The van der Waals surface area contributed by atoms with Crippen molar-refractivity contribution in [3.8, 4) is 5.75 Å². The molecule has 0 radical (unpaired) electrons. The van der Waals surface area contributed by atoms with Crippen molar-refractivity contribution in [3.05, 3.63) is 23.8 Å². The van der Waals surface area contributed by atoms with Crippen LogP contribution in [0, 0.1) is 5.41 Å². The Balaban J connectivity index is 2.87. The summed E-state index contributed by atoms with van der Waals surface area (Å²) in [4.78, 5) is 11.8. The summed E-state index contributed by atoms with van der Waals surface area (Å²) in [7, 11) is 1.62. The average Bonchev–Trinajstić information content (AvgIpc) is 2.38. The van der Waals surface area contributed by atoms with Gasteiger partial charge in [0.2, 0.25) is 0 Å². The van der Waals surface area contributed by atoms with Crippen molar-refractivity contribution in [2.45, 2.75) is 46.6 Å². The summed E-state index contributed by atoms with van der Waals surface area (Å²) in [6, 6.07) is 5.59. The molecule has 3 N–H and O–H groups in total. The summed E-state index contributed by atoms with van der Waals surface area (Å²) in [6.45, 7) is 10.3. The van der Waals surface area contributed by atoms with E-state index in [1.165, 1.54) is 0 Å². The van der Waals surface area contributed by atoms with Crippen LogP contribution in [0.4, 0.5) is 10.5 Å². The van der Waals surface area contributed by atoms with Gasteiger partial charge in [-0.25, -0.2) is 4.79 Å². The van der Waals surface area contributed by atoms with Gasteiger partial charge in [-0.1, -0.05) is 19.9 Å². The minimum Gasteiger partial charge on any atom is -0.496 e. The summed E-state index contributed by atoms with van der Waals surface area (Å²) in [5, 5.41) is 2.71. The number of rotatable bonds is 5. The molecule has 0 aliphatic carbocycles. The monoisotopic (exact) mass is 308 g/mol. The maximum absolute atomic E-state index is 11.8. The predicted molar refractivity (Wildman–Crippen MR) is 89.4 cm³/mol. The number of methoxy groups -OCH3 is 1. The van der Waals surface area contributed by atoms with Crippen molar-refractivity contribution in [2.75, 3.05) is 19.0 Å². The first-order valence-electron chi connectivity index (χ1n) is 7.43. The highest BCUT2D eigenvalue weighted by atomic mass is 16.6. The third-order valence-corrected chi connectivity index (χ3v) is 3.15. The lowest BCUT2D eigenvalue weighted by molar-refractivity contribution is 0.0636. The number of carbonyl (C=O) groups excluding carboxylic acids is 1. The maximum atomic E-state index is 11.8. The fourth-order valence-corrected chi connectivity index (χ4v) is 1.98. The molecule has 1 aromatic rings. The number of benzene rings is 1. The average molecular weight is 308 g/mol. The Bertz CT molecular complexity index is 519. The molecule has 1 aromatic carbocycles. The summed E-state index contributed by atoms with van der Waals surface area (Å²) in [6.07, 6.45) is 0.323. The Labute approximate surface area is 133 Å². The Morgan fingerprint density at radius 2 is 1.86 bits per heavy atom. The molecule has 0 aliphatic rings. The van der Waals surface area contributed by atoms with Gasteiger partial charge in [0.1, 0.15) is 11.4 Å². The fourth-order valence-electron chi connectivity index (χ4n) is 1.98. The molecule has 124 valence electrons. The van der Waals surface area contributed by atoms with Gasteiger partial charge >= 0.3 is 6.09 Å². The quantitative estimate of drug-likeness (QED) is 0.872. The highest BCUT2D eigenvalue weighted by Crippen LogP contribution is 2.29. The zero-order valence-corrected chi connectivity index (χ0v) is 14.4. The van der Waals surface area contributed by atoms with Crippen molar-refractivity contribution in [2.24, 2.45) is 11.1 Å². The summed E-state index contributed by atoms with van der Waals surface area (Å²) in [5.41, 5.74) is 6.95. The van der Waals surface area contributed by atoms with Gasteiger partial charge in [0.25, 0.3) is 0 Å². The minimum absolute atomic E-state index is 0.00656. The highest BCUT2D eigenvalue weighted by Gasteiger charge is 2.20. The van der Waals surface area contributed by atoms with Crippen LogP contribution in [0.25, 0.3) is 0 Å². The molecule has 0 atom stereocenters. The molecule has 0 fully saturated rings. The van der Waals surface area contributed by atoms with Gasteiger partial charge in [-0.2, -0.15) is 0 Å². The van der Waals surface area contributed by atoms with Gasteiger partial charge < -0.3 is 15.2 Å². The van der Waals surface area contributed by atoms with E-state index in [0.717, 1.165) is 17.7 Å². The second-order valence-electron chi connectivity index (χ2n) is 7.20. The summed E-state index contributed by atoms with van der Waals surface area (Å²) >= 11 is 0. The molecule has 0 heterocycles. The molecule has 0 spiro atoms. The van der Waals surface area contributed by atoms with E-state index in [4.69, 9.17) is 15.2 Å². The zero-order valence-electron chi connectivity index (χ0n) is 14.4. The van der Waals surface area contributed by atoms with Crippen molar-refractivity contribution >= 4 is 11.8 Å². The third-order valence-electron chi connectivity index (χ3n) is 3.15. The Morgan fingerprint density at radius 3 is 2.36 bits per heavy atom. The van der Waals surface area contributed by atoms with Crippen LogP contribution in [0.5, 0.6) is 5.75 Å². The van der Waals surface area contributed by atoms with Crippen molar-refractivity contribution in [3.63, 3.8) is 0 Å². The molecule has 0 unspecified atom stereocenters. The van der Waals surface area contributed by atoms with E-state index >= 15 is 0 Å². The van der Waals surface area contributed by atoms with Crippen molar-refractivity contribution < 1.29 is 14.3 Å². The number of amides is 1. The van der Waals surface area contributed by atoms with E-state index in [2.05, 4.69) is 19.2 Å². The Hall–Kier alpha value is -1.75. The first-order valence-corrected chi connectivity index (χ1v) is 7.43. The van der Waals surface area contributed by atoms with Crippen LogP contribution >= 0.6 is 0 Å². The van der Waals surface area contributed by atoms with E-state index < -0.39 is 11.7 Å². The smallest absolute Gasteiger partial charge is 0.412 e. The number of carbonyl (C=O) groups is 1. The summed E-state index contributed by atoms with van der Waals surface area (Å²) in [5.74, 6) is 0.732. The lowest BCUT2D eigenvalue weighted by atomic mass is 9.85. The largest absolute Gasteiger partial charge is 0.496 e. The van der Waals surface area contributed by atoms with Crippen LogP contribution in [0.1, 0.15) is 40.2 Å². The van der Waals surface area contributed by atoms with Gasteiger partial charge in [-0.15, -0.1) is 0 Å². The molecule has 0 saturated carbocycles. The first kappa shape index (κ1) is 18.3. The number of ether oxygens (including phenoxy) is 2. The lowest BCUT2D eigenvalue weighted by Gasteiger charge is -2.24. The molecular weight excluding hydrogens is 280 g/mol. The van der Waals surface area contributed by atoms with Crippen LogP contribution in [-0.4, -0.2) is 25.3 Å². The number of nitrogens with one attached hydrogen (secondary N) is 1. The van der Waals surface area contributed by atoms with Gasteiger partial charge in [0.05, 0.1) is 7.11 Å². The van der Waals surface area contributed by atoms with Crippen LogP contribution in [0.2, 0.25) is 0 Å². The lowest BCUT2D eigenvalue weighted by Crippen LogP contribution is -2.27. The van der Waals surface area contributed by atoms with E-state index in [1.807, 2.05) is 32.9 Å². The second-order valence-corrected chi connectivity index (χ2v) is 7.20. The topological polar surface area (TPSA) is 73.6 Å². The molecule has 22 heavy (non-hydrogen) atoms. The normalized spacial score (nSPS) is 12.0. The Morgan fingerprint density at radius 1 is 1.23 bits per heavy atom. The van der Waals surface area contributed by atoms with Crippen LogP contribution in [0.3, 0.4) is 0 Å². The Kier molecular flexibility index (Phi) is 5.83. The molecule has 0 aliphatic heterocycles. The third kappa shape index (κ3) is 5.93. The molecule has 1 rings (SSSR count). The maximum Gasteiger partial charge on any atom is 0.412 e. The number of hydrogen-bond donors (Lipinski definition) is 2. The van der Waals surface area contributed by atoms with Gasteiger partial charge in [0.15, 0.2) is 0 Å². The van der Waals surface area contributed by atoms with Crippen LogP contribution in [0.15, 0.2) is 18.2 Å². The number of anilines is 1. The fraction of sp³-hybridized carbons (Fsp3) is 0.588. The van der Waals surface area contributed by atoms with Crippen molar-refractivity contribution in [1.29, 1.82) is 0 Å². The standard InChI is InChI=1S/C17H28N2O3/c1-16(2,3)22-15(20)19-13-8-7-12(14(9-13)21-6)10-17(4,5)11-18/h7-9H,10-11,18H2,1-6H3,(H,19,20). The molecule has 0 bridgehead atoms. The van der Waals surface area contributed by atoms with Gasteiger partial charge in [-0.05, 0) is 50.8 Å². The summed E-state index contributed by atoms with van der Waals surface area (Å²) < 4.78 is 10.7. The first-order chi connectivity index (χ1) is 10.1. The van der Waals surface area contributed by atoms with Gasteiger partial charge in [0, 0.05) is 11.8 Å². The molecule has 5 nitrogen and oxygen atoms in total. The van der Waals surface area contributed by atoms with E-state index in [1.54, 1.807) is 13.2 Å². The molecule has 0 aromatic heterocycles. The van der Waals surface area contributed by atoms with E-state index in [0.29, 0.717) is 12.2 Å². The SMILES string of the molecule is COc1cc(NC(=O)OC(C)(C)C)ccc1CC(C)(C)CN. The van der Waals surface area contributed by atoms with E-state index in [-0.39, 0.29) is 5.41 Å². The van der Waals surface area contributed by atoms with E-state index in [9.17, 15) is 4.79 Å². The molecule has 5 heteroatoms. The zero-order chi connectivity index (χ0) is 17.0. The van der Waals surface area contributed by atoms with Crippen LogP contribution in [-0.2, 0) is 11.2 Å². The number of hydrogen-bond acceptors (Lipinski definition) is 4. The highest BCUT2D eigenvalue weighted by molar-refractivity contribution is 5.85. The van der Waals surface area contributed by atoms with Crippen molar-refractivity contribution in [1.82, 2.24) is 0 Å².